The second-order valence-corrected chi connectivity index (χ2v) is 5.68. The van der Waals surface area contributed by atoms with Gasteiger partial charge in [-0.3, -0.25) is 14.8 Å². The molecule has 0 unspecified atom stereocenters. The standard InChI is InChI=1S/C19H15F3N4O/c20-19(21,22)14-4-1-5-16(9-14)26-18(27)17-10-15(6-8-24-17)25-12-13-3-2-7-23-11-13/h1-11H,12H2,(H,24,25)(H,26,27). The largest absolute Gasteiger partial charge is 0.416 e. The monoisotopic (exact) mass is 372 g/mol. The lowest BCUT2D eigenvalue weighted by Gasteiger charge is -2.10. The van der Waals surface area contributed by atoms with Crippen LogP contribution >= 0.6 is 0 Å². The second-order valence-electron chi connectivity index (χ2n) is 5.68. The third kappa shape index (κ3) is 5.04. The molecule has 3 aromatic rings. The fourth-order valence-corrected chi connectivity index (χ4v) is 2.34. The molecule has 0 saturated heterocycles. The summed E-state index contributed by atoms with van der Waals surface area (Å²) in [7, 11) is 0. The van der Waals surface area contributed by atoms with Crippen molar-refractivity contribution in [1.82, 2.24) is 9.97 Å². The normalized spacial score (nSPS) is 11.1. The van der Waals surface area contributed by atoms with Gasteiger partial charge >= 0.3 is 6.18 Å². The van der Waals surface area contributed by atoms with Crippen molar-refractivity contribution in [1.29, 1.82) is 0 Å². The van der Waals surface area contributed by atoms with E-state index in [0.29, 0.717) is 12.2 Å². The van der Waals surface area contributed by atoms with Gasteiger partial charge in [-0.2, -0.15) is 13.2 Å². The molecule has 0 atom stereocenters. The number of carbonyl (C=O) groups excluding carboxylic acids is 1. The summed E-state index contributed by atoms with van der Waals surface area (Å²) in [4.78, 5) is 20.3. The second kappa shape index (κ2) is 7.86. The number of hydrogen-bond acceptors (Lipinski definition) is 4. The summed E-state index contributed by atoms with van der Waals surface area (Å²) in [5.74, 6) is -0.598. The number of rotatable bonds is 5. The van der Waals surface area contributed by atoms with Crippen molar-refractivity contribution in [3.8, 4) is 0 Å². The average Bonchev–Trinajstić information content (AvgIpc) is 2.67. The highest BCUT2D eigenvalue weighted by molar-refractivity contribution is 6.03. The minimum Gasteiger partial charge on any atom is -0.381 e. The van der Waals surface area contributed by atoms with Crippen molar-refractivity contribution < 1.29 is 18.0 Å². The summed E-state index contributed by atoms with van der Waals surface area (Å²) in [5.41, 5.74) is 0.918. The number of benzene rings is 1. The van der Waals surface area contributed by atoms with Gasteiger partial charge in [0, 0.05) is 36.5 Å². The zero-order valence-corrected chi connectivity index (χ0v) is 14.0. The third-order valence-corrected chi connectivity index (χ3v) is 3.66. The Kier molecular flexibility index (Phi) is 5.35. The summed E-state index contributed by atoms with van der Waals surface area (Å²) >= 11 is 0. The number of amides is 1. The topological polar surface area (TPSA) is 66.9 Å². The zero-order valence-electron chi connectivity index (χ0n) is 14.0. The van der Waals surface area contributed by atoms with E-state index in [1.165, 1.54) is 24.4 Å². The Hall–Kier alpha value is -3.42. The van der Waals surface area contributed by atoms with E-state index in [9.17, 15) is 18.0 Å². The molecular weight excluding hydrogens is 357 g/mol. The molecule has 2 heterocycles. The van der Waals surface area contributed by atoms with Crippen LogP contribution < -0.4 is 10.6 Å². The molecule has 1 amide bonds. The maximum absolute atomic E-state index is 12.8. The van der Waals surface area contributed by atoms with E-state index in [2.05, 4.69) is 20.6 Å². The number of hydrogen-bond donors (Lipinski definition) is 2. The maximum Gasteiger partial charge on any atom is 0.416 e. The van der Waals surface area contributed by atoms with Crippen LogP contribution in [0.4, 0.5) is 24.5 Å². The van der Waals surface area contributed by atoms with Gasteiger partial charge in [-0.1, -0.05) is 12.1 Å². The zero-order chi connectivity index (χ0) is 19.3. The van der Waals surface area contributed by atoms with Gasteiger partial charge in [0.1, 0.15) is 5.69 Å². The van der Waals surface area contributed by atoms with Crippen LogP contribution in [0.5, 0.6) is 0 Å². The van der Waals surface area contributed by atoms with Crippen LogP contribution in [-0.2, 0) is 12.7 Å². The van der Waals surface area contributed by atoms with Gasteiger partial charge in [0.2, 0.25) is 0 Å². The number of carbonyl (C=O) groups is 1. The predicted octanol–water partition coefficient (Wildman–Crippen LogP) is 4.36. The first-order valence-corrected chi connectivity index (χ1v) is 7.99. The number of alkyl halides is 3. The lowest BCUT2D eigenvalue weighted by atomic mass is 10.2. The van der Waals surface area contributed by atoms with Crippen LogP contribution in [0.25, 0.3) is 0 Å². The molecule has 0 fully saturated rings. The Morgan fingerprint density at radius 3 is 2.59 bits per heavy atom. The molecule has 0 bridgehead atoms. The van der Waals surface area contributed by atoms with Gasteiger partial charge < -0.3 is 10.6 Å². The molecule has 0 aliphatic carbocycles. The van der Waals surface area contributed by atoms with Gasteiger partial charge in [0.25, 0.3) is 5.91 Å². The number of nitrogens with one attached hydrogen (secondary N) is 2. The Morgan fingerprint density at radius 1 is 1.00 bits per heavy atom. The first kappa shape index (κ1) is 18.4. The Morgan fingerprint density at radius 2 is 1.85 bits per heavy atom. The van der Waals surface area contributed by atoms with Crippen LogP contribution in [0.3, 0.4) is 0 Å². The highest BCUT2D eigenvalue weighted by atomic mass is 19.4. The molecule has 0 aliphatic rings. The highest BCUT2D eigenvalue weighted by Crippen LogP contribution is 2.30. The molecule has 8 heteroatoms. The number of pyridine rings is 2. The fourth-order valence-electron chi connectivity index (χ4n) is 2.34. The average molecular weight is 372 g/mol. The van der Waals surface area contributed by atoms with Crippen LogP contribution in [0.15, 0.2) is 67.1 Å². The smallest absolute Gasteiger partial charge is 0.381 e. The Bertz CT molecular complexity index is 929. The van der Waals surface area contributed by atoms with Crippen molar-refractivity contribution in [2.24, 2.45) is 0 Å². The van der Waals surface area contributed by atoms with E-state index in [1.54, 1.807) is 18.5 Å². The van der Waals surface area contributed by atoms with E-state index < -0.39 is 17.6 Å². The molecule has 2 N–H and O–H groups in total. The van der Waals surface area contributed by atoms with Crippen LogP contribution in [-0.4, -0.2) is 15.9 Å². The predicted molar refractivity (Wildman–Crippen MR) is 95.2 cm³/mol. The Labute approximate surface area is 153 Å². The van der Waals surface area contributed by atoms with E-state index in [1.807, 2.05) is 12.1 Å². The molecule has 0 spiro atoms. The number of halogens is 3. The van der Waals surface area contributed by atoms with E-state index in [0.717, 1.165) is 17.7 Å². The summed E-state index contributed by atoms with van der Waals surface area (Å²) in [5, 5.41) is 5.57. The number of aromatic nitrogens is 2. The highest BCUT2D eigenvalue weighted by Gasteiger charge is 2.30. The summed E-state index contributed by atoms with van der Waals surface area (Å²) in [6.07, 6.45) is 0.364. The quantitative estimate of drug-likeness (QED) is 0.698. The molecule has 1 aromatic carbocycles. The fraction of sp³-hybridized carbons (Fsp3) is 0.105. The molecular formula is C19H15F3N4O. The lowest BCUT2D eigenvalue weighted by Crippen LogP contribution is -2.15. The van der Waals surface area contributed by atoms with Crippen molar-refractivity contribution >= 4 is 17.3 Å². The lowest BCUT2D eigenvalue weighted by molar-refractivity contribution is -0.137. The number of anilines is 2. The molecule has 3 rings (SSSR count). The van der Waals surface area contributed by atoms with E-state index in [-0.39, 0.29) is 11.4 Å². The van der Waals surface area contributed by atoms with Crippen molar-refractivity contribution in [3.05, 3.63) is 83.9 Å². The van der Waals surface area contributed by atoms with Gasteiger partial charge in [-0.15, -0.1) is 0 Å². The number of nitrogens with zero attached hydrogens (tertiary/aromatic N) is 2. The molecule has 0 aliphatic heterocycles. The first-order chi connectivity index (χ1) is 12.9. The summed E-state index contributed by atoms with van der Waals surface area (Å²) in [6.45, 7) is 0.506. The molecule has 5 nitrogen and oxygen atoms in total. The Balaban J connectivity index is 1.68. The molecule has 2 aromatic heterocycles. The van der Waals surface area contributed by atoms with Crippen molar-refractivity contribution in [3.63, 3.8) is 0 Å². The van der Waals surface area contributed by atoms with E-state index in [4.69, 9.17) is 0 Å². The van der Waals surface area contributed by atoms with Crippen molar-refractivity contribution in [2.75, 3.05) is 10.6 Å². The minimum absolute atomic E-state index is 0.0466. The molecule has 0 saturated carbocycles. The molecule has 138 valence electrons. The van der Waals surface area contributed by atoms with Gasteiger partial charge in [-0.25, -0.2) is 0 Å². The maximum atomic E-state index is 12.8. The molecule has 27 heavy (non-hydrogen) atoms. The minimum atomic E-state index is -4.48. The van der Waals surface area contributed by atoms with Gasteiger partial charge in [-0.05, 0) is 42.0 Å². The summed E-state index contributed by atoms with van der Waals surface area (Å²) in [6, 6.07) is 11.4. The third-order valence-electron chi connectivity index (χ3n) is 3.66. The SMILES string of the molecule is O=C(Nc1cccc(C(F)(F)F)c1)c1cc(NCc2cccnc2)ccn1. The van der Waals surface area contributed by atoms with Gasteiger partial charge in [0.05, 0.1) is 5.56 Å². The van der Waals surface area contributed by atoms with E-state index >= 15 is 0 Å². The molecule has 0 radical (unpaired) electrons. The van der Waals surface area contributed by atoms with Crippen LogP contribution in [0.2, 0.25) is 0 Å². The first-order valence-electron chi connectivity index (χ1n) is 7.99. The van der Waals surface area contributed by atoms with Crippen LogP contribution in [0.1, 0.15) is 21.6 Å². The summed E-state index contributed by atoms with van der Waals surface area (Å²) < 4.78 is 38.3. The van der Waals surface area contributed by atoms with Crippen LogP contribution in [0, 0.1) is 0 Å². The van der Waals surface area contributed by atoms with Gasteiger partial charge in [0.15, 0.2) is 0 Å². The van der Waals surface area contributed by atoms with Crippen molar-refractivity contribution in [2.45, 2.75) is 12.7 Å².